The smallest absolute Gasteiger partial charge is 0.0536 e. The molecule has 0 aromatic heterocycles. The van der Waals surface area contributed by atoms with Gasteiger partial charge in [0.05, 0.1) is 6.04 Å². The molecule has 1 unspecified atom stereocenters. The van der Waals surface area contributed by atoms with E-state index in [1.54, 1.807) is 5.57 Å². The number of nitrogens with one attached hydrogen (secondary N) is 1. The van der Waals surface area contributed by atoms with Crippen LogP contribution in [0.5, 0.6) is 0 Å². The molecule has 1 heteroatoms. The highest BCUT2D eigenvalue weighted by Gasteiger charge is 2.18. The monoisotopic (exact) mass is 215 g/mol. The molecule has 1 nitrogen and oxygen atoms in total. The van der Waals surface area contributed by atoms with Gasteiger partial charge in [0.15, 0.2) is 0 Å². The molecule has 0 heterocycles. The zero-order chi connectivity index (χ0) is 11.5. The molecule has 0 radical (unpaired) electrons. The average molecular weight is 215 g/mol. The highest BCUT2D eigenvalue weighted by atomic mass is 14.9. The summed E-state index contributed by atoms with van der Waals surface area (Å²) in [7, 11) is 2.06. The van der Waals surface area contributed by atoms with Crippen molar-refractivity contribution in [2.45, 2.75) is 39.2 Å². The number of rotatable bonds is 3. The minimum Gasteiger partial charge on any atom is -0.310 e. The van der Waals surface area contributed by atoms with E-state index in [2.05, 4.69) is 50.5 Å². The van der Waals surface area contributed by atoms with Gasteiger partial charge in [-0.05, 0) is 51.3 Å². The molecule has 16 heavy (non-hydrogen) atoms. The van der Waals surface area contributed by atoms with Crippen LogP contribution in [0, 0.1) is 13.8 Å². The predicted octanol–water partition coefficient (Wildman–Crippen LogP) is 3.67. The molecule has 86 valence electrons. The summed E-state index contributed by atoms with van der Waals surface area (Å²) in [5.74, 6) is 0. The lowest BCUT2D eigenvalue weighted by molar-refractivity contribution is 0.652. The van der Waals surface area contributed by atoms with E-state index >= 15 is 0 Å². The second kappa shape index (κ2) is 4.84. The third-order valence-corrected chi connectivity index (χ3v) is 3.47. The lowest BCUT2D eigenvalue weighted by atomic mass is 9.93. The molecule has 0 aliphatic heterocycles. The van der Waals surface area contributed by atoms with Crippen LogP contribution in [0.25, 0.3) is 0 Å². The Balaban J connectivity index is 2.32. The van der Waals surface area contributed by atoms with Crippen molar-refractivity contribution in [3.05, 3.63) is 46.5 Å². The molecule has 2 rings (SSSR count). The van der Waals surface area contributed by atoms with Crippen molar-refractivity contribution >= 4 is 0 Å². The Kier molecular flexibility index (Phi) is 3.45. The molecular formula is C15H21N. The first-order chi connectivity index (χ1) is 7.72. The Morgan fingerprint density at radius 2 is 2.06 bits per heavy atom. The fraction of sp³-hybridized carbons (Fsp3) is 0.467. The zero-order valence-corrected chi connectivity index (χ0v) is 10.5. The second-order valence-corrected chi connectivity index (χ2v) is 4.75. The van der Waals surface area contributed by atoms with Gasteiger partial charge in [-0.1, -0.05) is 35.4 Å². The quantitative estimate of drug-likeness (QED) is 0.758. The maximum absolute atomic E-state index is 3.45. The van der Waals surface area contributed by atoms with Crippen molar-refractivity contribution in [1.29, 1.82) is 0 Å². The fourth-order valence-electron chi connectivity index (χ4n) is 2.65. The molecule has 1 aliphatic carbocycles. The van der Waals surface area contributed by atoms with E-state index in [4.69, 9.17) is 0 Å². The van der Waals surface area contributed by atoms with Crippen molar-refractivity contribution in [2.75, 3.05) is 7.05 Å². The summed E-state index contributed by atoms with van der Waals surface area (Å²) in [5, 5.41) is 3.45. The molecule has 0 saturated carbocycles. The average Bonchev–Trinajstić information content (AvgIpc) is 2.75. The van der Waals surface area contributed by atoms with Crippen LogP contribution in [0.1, 0.15) is 42.0 Å². The summed E-state index contributed by atoms with van der Waals surface area (Å²) < 4.78 is 0. The van der Waals surface area contributed by atoms with Crippen molar-refractivity contribution in [3.63, 3.8) is 0 Å². The molecule has 0 saturated heterocycles. The highest BCUT2D eigenvalue weighted by Crippen LogP contribution is 2.32. The maximum Gasteiger partial charge on any atom is 0.0536 e. The first kappa shape index (κ1) is 11.4. The molecule has 1 aromatic rings. The van der Waals surface area contributed by atoms with Gasteiger partial charge in [0.2, 0.25) is 0 Å². The molecular weight excluding hydrogens is 194 g/mol. The first-order valence-corrected chi connectivity index (χ1v) is 6.15. The third-order valence-electron chi connectivity index (χ3n) is 3.47. The van der Waals surface area contributed by atoms with Gasteiger partial charge in [-0.2, -0.15) is 0 Å². The molecule has 1 N–H and O–H groups in total. The van der Waals surface area contributed by atoms with Gasteiger partial charge in [-0.15, -0.1) is 0 Å². The van der Waals surface area contributed by atoms with E-state index in [1.807, 2.05) is 0 Å². The van der Waals surface area contributed by atoms with E-state index in [9.17, 15) is 0 Å². The van der Waals surface area contributed by atoms with Crippen molar-refractivity contribution in [3.8, 4) is 0 Å². The molecule has 0 spiro atoms. The number of benzene rings is 1. The standard InChI is InChI=1S/C15H21N/c1-11-8-9-14(12(2)10-11)15(16-3)13-6-4-5-7-13/h6,8-10,15-16H,4-5,7H2,1-3H3. The molecule has 0 amide bonds. The van der Waals surface area contributed by atoms with Crippen LogP contribution >= 0.6 is 0 Å². The summed E-state index contributed by atoms with van der Waals surface area (Å²) in [6.07, 6.45) is 6.22. The summed E-state index contributed by atoms with van der Waals surface area (Å²) in [4.78, 5) is 0. The van der Waals surface area contributed by atoms with Crippen molar-refractivity contribution in [2.24, 2.45) is 0 Å². The summed E-state index contributed by atoms with van der Waals surface area (Å²) in [6.45, 7) is 4.36. The van der Waals surface area contributed by atoms with Crippen LogP contribution in [0.15, 0.2) is 29.8 Å². The molecule has 0 fully saturated rings. The molecule has 1 aliphatic rings. The molecule has 1 atom stereocenters. The lowest BCUT2D eigenvalue weighted by Gasteiger charge is -2.20. The van der Waals surface area contributed by atoms with E-state index in [-0.39, 0.29) is 0 Å². The first-order valence-electron chi connectivity index (χ1n) is 6.15. The number of hydrogen-bond acceptors (Lipinski definition) is 1. The molecule has 0 bridgehead atoms. The lowest BCUT2D eigenvalue weighted by Crippen LogP contribution is -2.19. The Bertz CT molecular complexity index is 404. The summed E-state index contributed by atoms with van der Waals surface area (Å²) in [5.41, 5.74) is 5.74. The van der Waals surface area contributed by atoms with Crippen LogP contribution < -0.4 is 5.32 Å². The normalized spacial score (nSPS) is 17.3. The van der Waals surface area contributed by atoms with Crippen molar-refractivity contribution in [1.82, 2.24) is 5.32 Å². The van der Waals surface area contributed by atoms with Crippen LogP contribution in [0.3, 0.4) is 0 Å². The SMILES string of the molecule is CNC(C1=CCCC1)c1ccc(C)cc1C. The van der Waals surface area contributed by atoms with Gasteiger partial charge in [0.25, 0.3) is 0 Å². The minimum absolute atomic E-state index is 0.420. The van der Waals surface area contributed by atoms with E-state index in [0.717, 1.165) is 0 Å². The van der Waals surface area contributed by atoms with Crippen LogP contribution in [-0.2, 0) is 0 Å². The Morgan fingerprint density at radius 1 is 1.25 bits per heavy atom. The van der Waals surface area contributed by atoms with Crippen LogP contribution in [0.4, 0.5) is 0 Å². The van der Waals surface area contributed by atoms with Gasteiger partial charge in [-0.25, -0.2) is 0 Å². The van der Waals surface area contributed by atoms with Gasteiger partial charge in [0, 0.05) is 0 Å². The van der Waals surface area contributed by atoms with Gasteiger partial charge >= 0.3 is 0 Å². The Labute approximate surface area is 98.6 Å². The summed E-state index contributed by atoms with van der Waals surface area (Å²) in [6, 6.07) is 7.17. The minimum atomic E-state index is 0.420. The maximum atomic E-state index is 3.45. The van der Waals surface area contributed by atoms with E-state index in [1.165, 1.54) is 36.0 Å². The third kappa shape index (κ3) is 2.19. The number of hydrogen-bond donors (Lipinski definition) is 1. The number of likely N-dealkylation sites (N-methyl/N-ethyl adjacent to an activating group) is 1. The van der Waals surface area contributed by atoms with Gasteiger partial charge in [0.1, 0.15) is 0 Å². The topological polar surface area (TPSA) is 12.0 Å². The van der Waals surface area contributed by atoms with E-state index in [0.29, 0.717) is 6.04 Å². The van der Waals surface area contributed by atoms with Gasteiger partial charge in [-0.3, -0.25) is 0 Å². The predicted molar refractivity (Wildman–Crippen MR) is 69.7 cm³/mol. The Hall–Kier alpha value is -1.08. The van der Waals surface area contributed by atoms with Gasteiger partial charge < -0.3 is 5.32 Å². The van der Waals surface area contributed by atoms with Crippen LogP contribution in [-0.4, -0.2) is 7.05 Å². The number of allylic oxidation sites excluding steroid dienone is 1. The van der Waals surface area contributed by atoms with Crippen LogP contribution in [0.2, 0.25) is 0 Å². The Morgan fingerprint density at radius 3 is 2.62 bits per heavy atom. The highest BCUT2D eigenvalue weighted by molar-refractivity contribution is 5.37. The molecule has 1 aromatic carbocycles. The largest absolute Gasteiger partial charge is 0.310 e. The zero-order valence-electron chi connectivity index (χ0n) is 10.5. The van der Waals surface area contributed by atoms with Crippen molar-refractivity contribution < 1.29 is 0 Å². The fourth-order valence-corrected chi connectivity index (χ4v) is 2.65. The second-order valence-electron chi connectivity index (χ2n) is 4.75. The van der Waals surface area contributed by atoms with E-state index < -0.39 is 0 Å². The summed E-state index contributed by atoms with van der Waals surface area (Å²) >= 11 is 0. The number of aryl methyl sites for hydroxylation is 2.